The fraction of sp³-hybridized carbons (Fsp3) is 0.455. The summed E-state index contributed by atoms with van der Waals surface area (Å²) in [5.74, 6) is 2.02. The van der Waals surface area contributed by atoms with Crippen molar-refractivity contribution in [2.24, 2.45) is 5.92 Å². The maximum Gasteiger partial charge on any atom is 0.180 e. The minimum atomic E-state index is 0. The number of halogens is 3. The summed E-state index contributed by atoms with van der Waals surface area (Å²) in [6.07, 6.45) is 2.48. The summed E-state index contributed by atoms with van der Waals surface area (Å²) in [5, 5.41) is 7.54. The molecule has 2 aromatic rings. The van der Waals surface area contributed by atoms with E-state index in [1.165, 1.54) is 18.4 Å². The second kappa shape index (κ2) is 13.2. The lowest BCUT2D eigenvalue weighted by Gasteiger charge is -2.23. The Morgan fingerprint density at radius 1 is 1.07 bits per heavy atom. The molecule has 0 bridgehead atoms. The van der Waals surface area contributed by atoms with Crippen LogP contribution in [0.1, 0.15) is 29.5 Å². The number of methoxy groups -OCH3 is 1. The Morgan fingerprint density at radius 3 is 2.41 bits per heavy atom. The largest absolute Gasteiger partial charge is 0.493 e. The topological polar surface area (TPSA) is 42.5 Å². The highest BCUT2D eigenvalue weighted by Gasteiger charge is 2.14. The third-order valence-electron chi connectivity index (χ3n) is 5.01. The summed E-state index contributed by atoms with van der Waals surface area (Å²) in [5.41, 5.74) is 3.44. The molecule has 29 heavy (non-hydrogen) atoms. The fourth-order valence-electron chi connectivity index (χ4n) is 3.36. The van der Waals surface area contributed by atoms with E-state index >= 15 is 0 Å². The van der Waals surface area contributed by atoms with Crippen LogP contribution in [-0.4, -0.2) is 26.7 Å². The first-order chi connectivity index (χ1) is 13.2. The molecule has 1 aliphatic heterocycles. The van der Waals surface area contributed by atoms with E-state index in [9.17, 15) is 0 Å². The molecular formula is C22H31Cl3N2O2. The number of piperidine rings is 1. The van der Waals surface area contributed by atoms with Crippen molar-refractivity contribution in [3.05, 3.63) is 58.1 Å². The molecule has 0 aromatic heterocycles. The molecule has 3 rings (SSSR count). The van der Waals surface area contributed by atoms with Crippen LogP contribution in [0.15, 0.2) is 36.4 Å². The minimum Gasteiger partial charge on any atom is -0.493 e. The molecule has 2 aromatic carbocycles. The zero-order chi connectivity index (χ0) is 19.1. The van der Waals surface area contributed by atoms with Gasteiger partial charge in [-0.25, -0.2) is 0 Å². The first-order valence-electron chi connectivity index (χ1n) is 9.62. The van der Waals surface area contributed by atoms with Crippen molar-refractivity contribution in [2.75, 3.05) is 26.7 Å². The van der Waals surface area contributed by atoms with E-state index < -0.39 is 0 Å². The van der Waals surface area contributed by atoms with Crippen molar-refractivity contribution >= 4 is 36.4 Å². The van der Waals surface area contributed by atoms with E-state index in [0.717, 1.165) is 43.2 Å². The number of aryl methyl sites for hydroxylation is 1. The minimum absolute atomic E-state index is 0. The van der Waals surface area contributed by atoms with Crippen LogP contribution in [-0.2, 0) is 13.2 Å². The van der Waals surface area contributed by atoms with E-state index in [4.69, 9.17) is 21.1 Å². The Morgan fingerprint density at radius 2 is 1.76 bits per heavy atom. The SMILES string of the molecule is COc1cc(CNCC2CCNCC2)cc(Cl)c1OCc1ccc(C)cc1.Cl.Cl. The van der Waals surface area contributed by atoms with Gasteiger partial charge in [0.1, 0.15) is 6.61 Å². The number of hydrogen-bond donors (Lipinski definition) is 2. The van der Waals surface area contributed by atoms with Gasteiger partial charge < -0.3 is 20.1 Å². The predicted octanol–water partition coefficient (Wildman–Crippen LogP) is 5.17. The second-order valence-corrected chi connectivity index (χ2v) is 7.61. The van der Waals surface area contributed by atoms with E-state index in [2.05, 4.69) is 41.8 Å². The molecule has 1 heterocycles. The van der Waals surface area contributed by atoms with Crippen LogP contribution in [0, 0.1) is 12.8 Å². The number of nitrogens with one attached hydrogen (secondary N) is 2. The number of hydrogen-bond acceptors (Lipinski definition) is 4. The van der Waals surface area contributed by atoms with Gasteiger partial charge in [-0.1, -0.05) is 41.4 Å². The third-order valence-corrected chi connectivity index (χ3v) is 5.29. The van der Waals surface area contributed by atoms with Crippen molar-refractivity contribution in [3.8, 4) is 11.5 Å². The monoisotopic (exact) mass is 460 g/mol. The second-order valence-electron chi connectivity index (χ2n) is 7.21. The van der Waals surface area contributed by atoms with Crippen LogP contribution in [0.4, 0.5) is 0 Å². The van der Waals surface area contributed by atoms with Crippen molar-refractivity contribution in [1.29, 1.82) is 0 Å². The maximum absolute atomic E-state index is 6.49. The molecule has 0 spiro atoms. The molecule has 4 nitrogen and oxygen atoms in total. The molecule has 2 N–H and O–H groups in total. The van der Waals surface area contributed by atoms with Crippen LogP contribution in [0.2, 0.25) is 5.02 Å². The molecule has 1 saturated heterocycles. The molecule has 162 valence electrons. The maximum atomic E-state index is 6.49. The van der Waals surface area contributed by atoms with Gasteiger partial charge in [0.2, 0.25) is 0 Å². The van der Waals surface area contributed by atoms with Gasteiger partial charge >= 0.3 is 0 Å². The van der Waals surface area contributed by atoms with Gasteiger partial charge in [-0.3, -0.25) is 0 Å². The van der Waals surface area contributed by atoms with E-state index in [-0.39, 0.29) is 24.8 Å². The summed E-state index contributed by atoms with van der Waals surface area (Å²) in [6, 6.07) is 12.3. The van der Waals surface area contributed by atoms with Crippen molar-refractivity contribution < 1.29 is 9.47 Å². The van der Waals surface area contributed by atoms with Crippen molar-refractivity contribution in [3.63, 3.8) is 0 Å². The zero-order valence-corrected chi connectivity index (χ0v) is 19.4. The highest BCUT2D eigenvalue weighted by atomic mass is 35.5. The van der Waals surface area contributed by atoms with Crippen LogP contribution in [0.3, 0.4) is 0 Å². The quantitative estimate of drug-likeness (QED) is 0.569. The lowest BCUT2D eigenvalue weighted by atomic mass is 9.98. The number of ether oxygens (including phenoxy) is 2. The van der Waals surface area contributed by atoms with Gasteiger partial charge in [0.05, 0.1) is 12.1 Å². The van der Waals surface area contributed by atoms with Gasteiger partial charge in [0, 0.05) is 6.54 Å². The van der Waals surface area contributed by atoms with Crippen LogP contribution < -0.4 is 20.1 Å². The first kappa shape index (κ1) is 25.9. The Kier molecular flexibility index (Phi) is 11.8. The van der Waals surface area contributed by atoms with Gasteiger partial charge in [-0.15, -0.1) is 24.8 Å². The average molecular weight is 462 g/mol. The standard InChI is InChI=1S/C22H29ClN2O2.2ClH/c1-16-3-5-18(6-4-16)15-27-22-20(23)11-19(12-21(22)26-2)14-25-13-17-7-9-24-10-8-17;;/h3-6,11-12,17,24-25H,7-10,13-15H2,1-2H3;2*1H. The fourth-order valence-corrected chi connectivity index (χ4v) is 3.65. The van der Waals surface area contributed by atoms with E-state index in [1.54, 1.807) is 7.11 Å². The molecule has 1 fully saturated rings. The Hall–Kier alpha value is -1.17. The van der Waals surface area contributed by atoms with Gasteiger partial charge in [0.25, 0.3) is 0 Å². The Labute approximate surface area is 191 Å². The summed E-state index contributed by atoms with van der Waals surface area (Å²) < 4.78 is 11.5. The normalized spacial score (nSPS) is 13.9. The average Bonchev–Trinajstić information content (AvgIpc) is 2.69. The third kappa shape index (κ3) is 7.88. The predicted molar refractivity (Wildman–Crippen MR) is 125 cm³/mol. The summed E-state index contributed by atoms with van der Waals surface area (Å²) in [4.78, 5) is 0. The van der Waals surface area contributed by atoms with E-state index in [1.807, 2.05) is 12.1 Å². The van der Waals surface area contributed by atoms with Crippen LogP contribution in [0.5, 0.6) is 11.5 Å². The number of benzene rings is 2. The molecular weight excluding hydrogens is 431 g/mol. The van der Waals surface area contributed by atoms with Crippen LogP contribution in [0.25, 0.3) is 0 Å². The van der Waals surface area contributed by atoms with Gasteiger partial charge in [0.15, 0.2) is 11.5 Å². The molecule has 0 amide bonds. The summed E-state index contributed by atoms with van der Waals surface area (Å²) in [6.45, 7) is 6.59. The van der Waals surface area contributed by atoms with E-state index in [0.29, 0.717) is 23.1 Å². The van der Waals surface area contributed by atoms with Crippen molar-refractivity contribution in [2.45, 2.75) is 32.9 Å². The molecule has 0 aliphatic carbocycles. The number of rotatable bonds is 8. The molecule has 0 radical (unpaired) electrons. The highest BCUT2D eigenvalue weighted by Crippen LogP contribution is 2.37. The lowest BCUT2D eigenvalue weighted by Crippen LogP contribution is -2.33. The summed E-state index contributed by atoms with van der Waals surface area (Å²) in [7, 11) is 1.65. The lowest BCUT2D eigenvalue weighted by molar-refractivity contribution is 0.284. The smallest absolute Gasteiger partial charge is 0.180 e. The molecule has 0 unspecified atom stereocenters. The van der Waals surface area contributed by atoms with Gasteiger partial charge in [-0.05, 0) is 68.6 Å². The molecule has 0 atom stereocenters. The first-order valence-corrected chi connectivity index (χ1v) is 9.99. The van der Waals surface area contributed by atoms with Crippen LogP contribution >= 0.6 is 36.4 Å². The van der Waals surface area contributed by atoms with Crippen molar-refractivity contribution in [1.82, 2.24) is 10.6 Å². The van der Waals surface area contributed by atoms with Gasteiger partial charge in [-0.2, -0.15) is 0 Å². The molecule has 7 heteroatoms. The Balaban J connectivity index is 0.00000210. The Bertz CT molecular complexity index is 736. The highest BCUT2D eigenvalue weighted by molar-refractivity contribution is 6.32. The zero-order valence-electron chi connectivity index (χ0n) is 17.0. The molecule has 1 aliphatic rings. The summed E-state index contributed by atoms with van der Waals surface area (Å²) >= 11 is 6.49. The molecule has 0 saturated carbocycles.